The van der Waals surface area contributed by atoms with Crippen LogP contribution in [-0.4, -0.2) is 61.7 Å². The van der Waals surface area contributed by atoms with Crippen LogP contribution in [0.2, 0.25) is 0 Å². The van der Waals surface area contributed by atoms with Gasteiger partial charge in [-0.15, -0.1) is 0 Å². The number of carbonyl (C=O) groups excluding carboxylic acids is 3. The minimum absolute atomic E-state index is 0.0380. The smallest absolute Gasteiger partial charge is 0.242 e. The van der Waals surface area contributed by atoms with Crippen LogP contribution in [0.3, 0.4) is 0 Å². The number of carbonyl (C=O) groups is 3. The Hall–Kier alpha value is -2.94. The van der Waals surface area contributed by atoms with Crippen LogP contribution in [0.25, 0.3) is 0 Å². The van der Waals surface area contributed by atoms with Crippen molar-refractivity contribution >= 4 is 23.6 Å². The van der Waals surface area contributed by atoms with Crippen molar-refractivity contribution < 1.29 is 14.4 Å². The average molecular weight is 527 g/mol. The molecule has 0 radical (unpaired) electrons. The number of amidine groups is 1. The maximum Gasteiger partial charge on any atom is 0.242 e. The van der Waals surface area contributed by atoms with Crippen LogP contribution in [0.4, 0.5) is 0 Å². The van der Waals surface area contributed by atoms with E-state index in [1.807, 2.05) is 0 Å². The molecule has 210 valence electrons. The minimum Gasteiger partial charge on any atom is -0.384 e. The highest BCUT2D eigenvalue weighted by molar-refractivity contribution is 6.02. The maximum atomic E-state index is 13.6. The van der Waals surface area contributed by atoms with E-state index in [0.29, 0.717) is 23.9 Å². The van der Waals surface area contributed by atoms with Gasteiger partial charge in [-0.3, -0.25) is 19.8 Å². The van der Waals surface area contributed by atoms with E-state index in [1.54, 1.807) is 38.4 Å². The summed E-state index contributed by atoms with van der Waals surface area (Å²) in [5.74, 6) is -0.793. The highest BCUT2D eigenvalue weighted by atomic mass is 16.2. The molecule has 3 amide bonds. The van der Waals surface area contributed by atoms with Gasteiger partial charge in [0, 0.05) is 26.2 Å². The summed E-state index contributed by atoms with van der Waals surface area (Å²) in [5, 5.41) is 13.7. The molecule has 2 fully saturated rings. The largest absolute Gasteiger partial charge is 0.384 e. The predicted octanol–water partition coefficient (Wildman–Crippen LogP) is 2.16. The Bertz CT molecular complexity index is 950. The van der Waals surface area contributed by atoms with E-state index in [9.17, 15) is 14.4 Å². The van der Waals surface area contributed by atoms with Gasteiger partial charge in [-0.05, 0) is 74.8 Å². The van der Waals surface area contributed by atoms with E-state index in [0.717, 1.165) is 69.9 Å². The van der Waals surface area contributed by atoms with Crippen molar-refractivity contribution in [1.29, 1.82) is 5.41 Å². The van der Waals surface area contributed by atoms with Gasteiger partial charge in [-0.2, -0.15) is 0 Å². The number of rotatable bonds is 11. The maximum absolute atomic E-state index is 13.6. The average Bonchev–Trinajstić information content (AvgIpc) is 2.93. The Morgan fingerprint density at radius 1 is 0.947 bits per heavy atom. The molecule has 2 aliphatic carbocycles. The summed E-state index contributed by atoms with van der Waals surface area (Å²) in [6, 6.07) is 6.34. The summed E-state index contributed by atoms with van der Waals surface area (Å²) in [5.41, 5.74) is 12.7. The number of nitrogens with two attached hydrogens (primary N) is 2. The third-order valence-corrected chi connectivity index (χ3v) is 8.33. The molecule has 0 aliphatic heterocycles. The van der Waals surface area contributed by atoms with E-state index >= 15 is 0 Å². The second kappa shape index (κ2) is 14.3. The standard InChI is InChI=1S/C29H46N6O3/c1-35(2)29(38)24(16-19-12-14-23(15-13-19)26(31)32)27(36)34-25(22-6-4-3-5-7-22)28(37)33-18-21-10-8-20(17-30)9-11-21/h12-15,20-22,24-25H,3-11,16-18,30H2,1-2H3,(H3,31,32)(H,33,37)(H,34,36)/t20?,21?,24?,25-/m0/s1. The number of nitrogen functional groups attached to an aromatic ring is 1. The highest BCUT2D eigenvalue weighted by Gasteiger charge is 2.36. The van der Waals surface area contributed by atoms with Gasteiger partial charge in [0.1, 0.15) is 17.8 Å². The molecule has 38 heavy (non-hydrogen) atoms. The zero-order valence-electron chi connectivity index (χ0n) is 23.0. The SMILES string of the molecule is CN(C)C(=O)C(Cc1ccc(C(=N)N)cc1)C(=O)N[C@H](C(=O)NCC1CCC(CN)CC1)C1CCCCC1. The molecule has 0 saturated heterocycles. The van der Waals surface area contributed by atoms with Crippen LogP contribution < -0.4 is 22.1 Å². The van der Waals surface area contributed by atoms with Crippen molar-refractivity contribution in [3.8, 4) is 0 Å². The molecule has 2 atom stereocenters. The van der Waals surface area contributed by atoms with Gasteiger partial charge in [-0.1, -0.05) is 43.5 Å². The van der Waals surface area contributed by atoms with Crippen LogP contribution in [0.1, 0.15) is 68.9 Å². The molecule has 0 spiro atoms. The molecule has 0 heterocycles. The second-order valence-electron chi connectivity index (χ2n) is 11.4. The topological polar surface area (TPSA) is 154 Å². The Morgan fingerprint density at radius 3 is 2.11 bits per heavy atom. The third kappa shape index (κ3) is 8.28. The molecule has 2 aliphatic rings. The van der Waals surface area contributed by atoms with E-state index in [4.69, 9.17) is 16.9 Å². The van der Waals surface area contributed by atoms with E-state index in [1.165, 1.54) is 4.90 Å². The second-order valence-corrected chi connectivity index (χ2v) is 11.4. The van der Waals surface area contributed by atoms with Crippen molar-refractivity contribution in [3.63, 3.8) is 0 Å². The number of benzene rings is 1. The van der Waals surface area contributed by atoms with Gasteiger partial charge in [0.25, 0.3) is 0 Å². The third-order valence-electron chi connectivity index (χ3n) is 8.33. The summed E-state index contributed by atoms with van der Waals surface area (Å²) in [6.07, 6.45) is 9.51. The van der Waals surface area contributed by atoms with E-state index in [-0.39, 0.29) is 30.0 Å². The summed E-state index contributed by atoms with van der Waals surface area (Å²) in [6.45, 7) is 1.33. The first-order chi connectivity index (χ1) is 18.2. The Balaban J connectivity index is 1.71. The number of hydrogen-bond donors (Lipinski definition) is 5. The number of amides is 3. The van der Waals surface area contributed by atoms with Crippen molar-refractivity contribution in [1.82, 2.24) is 15.5 Å². The van der Waals surface area contributed by atoms with Gasteiger partial charge in [-0.25, -0.2) is 0 Å². The fraction of sp³-hybridized carbons (Fsp3) is 0.655. The first-order valence-corrected chi connectivity index (χ1v) is 14.1. The monoisotopic (exact) mass is 526 g/mol. The summed E-state index contributed by atoms with van der Waals surface area (Å²) in [7, 11) is 3.26. The van der Waals surface area contributed by atoms with Crippen molar-refractivity contribution in [2.24, 2.45) is 35.1 Å². The van der Waals surface area contributed by atoms with Crippen LogP contribution in [0.5, 0.6) is 0 Å². The lowest BCUT2D eigenvalue weighted by molar-refractivity contribution is -0.142. The lowest BCUT2D eigenvalue weighted by Crippen LogP contribution is -2.55. The van der Waals surface area contributed by atoms with Crippen molar-refractivity contribution in [2.45, 2.75) is 70.3 Å². The van der Waals surface area contributed by atoms with Gasteiger partial charge in [0.05, 0.1) is 0 Å². The Kier molecular flexibility index (Phi) is 11.1. The molecule has 2 saturated carbocycles. The number of hydrogen-bond acceptors (Lipinski definition) is 5. The van der Waals surface area contributed by atoms with Gasteiger partial charge in [0.15, 0.2) is 0 Å². The molecular formula is C29H46N6O3. The lowest BCUT2D eigenvalue weighted by Gasteiger charge is -2.32. The molecule has 3 rings (SSSR count). The highest BCUT2D eigenvalue weighted by Crippen LogP contribution is 2.29. The zero-order valence-corrected chi connectivity index (χ0v) is 23.0. The summed E-state index contributed by atoms with van der Waals surface area (Å²) >= 11 is 0. The van der Waals surface area contributed by atoms with Crippen LogP contribution in [0.15, 0.2) is 24.3 Å². The fourth-order valence-electron chi connectivity index (χ4n) is 5.80. The van der Waals surface area contributed by atoms with E-state index < -0.39 is 17.9 Å². The number of nitrogens with one attached hydrogen (secondary N) is 3. The molecule has 0 aromatic heterocycles. The van der Waals surface area contributed by atoms with Gasteiger partial charge >= 0.3 is 0 Å². The molecular weight excluding hydrogens is 480 g/mol. The molecule has 7 N–H and O–H groups in total. The van der Waals surface area contributed by atoms with Crippen molar-refractivity contribution in [3.05, 3.63) is 35.4 Å². The normalized spacial score (nSPS) is 21.7. The summed E-state index contributed by atoms with van der Waals surface area (Å²) in [4.78, 5) is 41.5. The lowest BCUT2D eigenvalue weighted by atomic mass is 9.81. The first kappa shape index (κ1) is 29.6. The van der Waals surface area contributed by atoms with Crippen LogP contribution in [-0.2, 0) is 20.8 Å². The molecule has 1 aromatic carbocycles. The molecule has 9 heteroatoms. The molecule has 0 bridgehead atoms. The molecule has 9 nitrogen and oxygen atoms in total. The zero-order chi connectivity index (χ0) is 27.7. The van der Waals surface area contributed by atoms with Crippen LogP contribution >= 0.6 is 0 Å². The van der Waals surface area contributed by atoms with Gasteiger partial charge < -0.3 is 27.0 Å². The number of nitrogens with zero attached hydrogens (tertiary/aromatic N) is 1. The quantitative estimate of drug-likeness (QED) is 0.170. The van der Waals surface area contributed by atoms with Crippen LogP contribution in [0, 0.1) is 29.1 Å². The Morgan fingerprint density at radius 2 is 1.55 bits per heavy atom. The van der Waals surface area contributed by atoms with E-state index in [2.05, 4.69) is 10.6 Å². The molecule has 1 aromatic rings. The predicted molar refractivity (Wildman–Crippen MR) is 149 cm³/mol. The minimum atomic E-state index is -0.960. The Labute approximate surface area is 227 Å². The molecule has 1 unspecified atom stereocenters. The van der Waals surface area contributed by atoms with Gasteiger partial charge in [0.2, 0.25) is 17.7 Å². The van der Waals surface area contributed by atoms with Crippen molar-refractivity contribution in [2.75, 3.05) is 27.2 Å². The first-order valence-electron chi connectivity index (χ1n) is 14.1. The fourth-order valence-corrected chi connectivity index (χ4v) is 5.80. The summed E-state index contributed by atoms with van der Waals surface area (Å²) < 4.78 is 0.